The van der Waals surface area contributed by atoms with E-state index in [0.29, 0.717) is 37.4 Å². The lowest BCUT2D eigenvalue weighted by Crippen LogP contribution is -2.44. The summed E-state index contributed by atoms with van der Waals surface area (Å²) in [6, 6.07) is 3.76. The summed E-state index contributed by atoms with van der Waals surface area (Å²) in [4.78, 5) is 17.6. The van der Waals surface area contributed by atoms with Crippen LogP contribution >= 0.6 is 23.7 Å². The van der Waals surface area contributed by atoms with Gasteiger partial charge in [-0.3, -0.25) is 4.79 Å². The van der Waals surface area contributed by atoms with Crippen molar-refractivity contribution in [1.29, 1.82) is 0 Å². The molecule has 0 saturated heterocycles. The second-order valence-corrected chi connectivity index (χ2v) is 6.85. The second kappa shape index (κ2) is 8.57. The normalized spacial score (nSPS) is 23.5. The van der Waals surface area contributed by atoms with E-state index in [0.717, 1.165) is 4.88 Å². The molecule has 3 atom stereocenters. The van der Waals surface area contributed by atoms with Crippen molar-refractivity contribution in [3.63, 3.8) is 0 Å². The smallest absolute Gasteiger partial charge is 0.231 e. The second-order valence-electron chi connectivity index (χ2n) is 5.82. The van der Waals surface area contributed by atoms with Crippen LogP contribution in [0.2, 0.25) is 0 Å². The Morgan fingerprint density at radius 1 is 1.50 bits per heavy atom. The molecule has 3 rings (SSSR count). The number of amides is 1. The van der Waals surface area contributed by atoms with Crippen molar-refractivity contribution in [1.82, 2.24) is 15.5 Å². The third-order valence-corrected chi connectivity index (χ3v) is 4.95. The van der Waals surface area contributed by atoms with Crippen LogP contribution < -0.4 is 11.1 Å². The highest BCUT2D eigenvalue weighted by Crippen LogP contribution is 2.23. The lowest BCUT2D eigenvalue weighted by Gasteiger charge is -2.29. The molecule has 24 heavy (non-hydrogen) atoms. The number of thiophene rings is 1. The summed E-state index contributed by atoms with van der Waals surface area (Å²) in [6.07, 6.45) is 1.75. The van der Waals surface area contributed by atoms with E-state index in [2.05, 4.69) is 15.5 Å². The summed E-state index contributed by atoms with van der Waals surface area (Å²) in [5, 5.41) is 18.4. The van der Waals surface area contributed by atoms with Crippen LogP contribution in [0.1, 0.15) is 35.9 Å². The Bertz CT molecular complexity index is 649. The number of rotatable bonds is 5. The highest BCUT2D eigenvalue weighted by molar-refractivity contribution is 7.09. The minimum absolute atomic E-state index is 0. The number of nitrogens with two attached hydrogens (primary N) is 1. The van der Waals surface area contributed by atoms with E-state index in [1.54, 1.807) is 11.3 Å². The van der Waals surface area contributed by atoms with Gasteiger partial charge in [0.2, 0.25) is 11.8 Å². The van der Waals surface area contributed by atoms with Crippen LogP contribution in [-0.2, 0) is 17.8 Å². The van der Waals surface area contributed by atoms with E-state index in [9.17, 15) is 9.90 Å². The Morgan fingerprint density at radius 3 is 3.04 bits per heavy atom. The highest BCUT2D eigenvalue weighted by atomic mass is 35.5. The SMILES string of the molecule is Cl.N[C@H]1CC[C@H](C(=O)NCc2noc(Cc3cccs3)n2)C[C@@H]1O. The van der Waals surface area contributed by atoms with Gasteiger partial charge in [-0.2, -0.15) is 4.98 Å². The van der Waals surface area contributed by atoms with Crippen LogP contribution in [0.3, 0.4) is 0 Å². The number of nitrogens with zero attached hydrogens (tertiary/aromatic N) is 2. The number of carbonyl (C=O) groups is 1. The zero-order valence-corrected chi connectivity index (χ0v) is 14.7. The number of aliphatic hydroxyl groups is 1. The Kier molecular flexibility index (Phi) is 6.73. The number of nitrogens with one attached hydrogen (secondary N) is 1. The molecule has 1 amide bonds. The van der Waals surface area contributed by atoms with Gasteiger partial charge >= 0.3 is 0 Å². The maximum atomic E-state index is 12.1. The first kappa shape index (κ1) is 18.9. The summed E-state index contributed by atoms with van der Waals surface area (Å²) in [5.74, 6) is 0.691. The van der Waals surface area contributed by atoms with Gasteiger partial charge < -0.3 is 20.7 Å². The van der Waals surface area contributed by atoms with Crippen LogP contribution in [0.25, 0.3) is 0 Å². The number of hydrogen-bond acceptors (Lipinski definition) is 7. The first-order valence-electron chi connectivity index (χ1n) is 7.67. The maximum Gasteiger partial charge on any atom is 0.231 e. The number of aliphatic hydroxyl groups excluding tert-OH is 1. The molecule has 0 spiro atoms. The summed E-state index contributed by atoms with van der Waals surface area (Å²) >= 11 is 1.63. The molecule has 1 fully saturated rings. The number of hydrogen-bond donors (Lipinski definition) is 3. The average molecular weight is 373 g/mol. The zero-order valence-electron chi connectivity index (χ0n) is 13.1. The lowest BCUT2D eigenvalue weighted by molar-refractivity contribution is -0.127. The number of halogens is 1. The molecule has 0 aliphatic heterocycles. The largest absolute Gasteiger partial charge is 0.391 e. The quantitative estimate of drug-likeness (QED) is 0.727. The molecule has 4 N–H and O–H groups in total. The third kappa shape index (κ3) is 4.76. The molecule has 0 bridgehead atoms. The molecule has 1 saturated carbocycles. The first-order valence-corrected chi connectivity index (χ1v) is 8.55. The Balaban J connectivity index is 0.00000208. The molecule has 2 heterocycles. The maximum absolute atomic E-state index is 12.1. The van der Waals surface area contributed by atoms with Gasteiger partial charge in [0.05, 0.1) is 19.1 Å². The van der Waals surface area contributed by atoms with Crippen molar-refractivity contribution >= 4 is 29.7 Å². The predicted molar refractivity (Wildman–Crippen MR) is 91.8 cm³/mol. The van der Waals surface area contributed by atoms with Crippen molar-refractivity contribution in [2.75, 3.05) is 0 Å². The van der Waals surface area contributed by atoms with E-state index >= 15 is 0 Å². The molecule has 7 nitrogen and oxygen atoms in total. The minimum Gasteiger partial charge on any atom is -0.391 e. The van der Waals surface area contributed by atoms with Gasteiger partial charge in [0.25, 0.3) is 0 Å². The molecule has 1 aliphatic carbocycles. The molecule has 0 unspecified atom stereocenters. The monoisotopic (exact) mass is 372 g/mol. The van der Waals surface area contributed by atoms with E-state index in [1.807, 2.05) is 17.5 Å². The zero-order chi connectivity index (χ0) is 16.2. The third-order valence-electron chi connectivity index (χ3n) is 4.08. The Hall–Kier alpha value is -1.48. The molecular formula is C15H21ClN4O3S. The fraction of sp³-hybridized carbons (Fsp3) is 0.533. The Morgan fingerprint density at radius 2 is 2.33 bits per heavy atom. The molecule has 132 valence electrons. The van der Waals surface area contributed by atoms with E-state index in [4.69, 9.17) is 10.3 Å². The van der Waals surface area contributed by atoms with Crippen molar-refractivity contribution in [3.05, 3.63) is 34.1 Å². The van der Waals surface area contributed by atoms with Crippen molar-refractivity contribution in [3.8, 4) is 0 Å². The van der Waals surface area contributed by atoms with Crippen LogP contribution in [0.4, 0.5) is 0 Å². The summed E-state index contributed by atoms with van der Waals surface area (Å²) in [6.45, 7) is 0.228. The fourth-order valence-electron chi connectivity index (χ4n) is 2.71. The first-order chi connectivity index (χ1) is 11.1. The summed E-state index contributed by atoms with van der Waals surface area (Å²) < 4.78 is 5.18. The summed E-state index contributed by atoms with van der Waals surface area (Å²) in [7, 11) is 0. The van der Waals surface area contributed by atoms with Gasteiger partial charge in [0.15, 0.2) is 5.82 Å². The van der Waals surface area contributed by atoms with Gasteiger partial charge in [-0.05, 0) is 30.7 Å². The van der Waals surface area contributed by atoms with Gasteiger partial charge in [-0.1, -0.05) is 11.2 Å². The minimum atomic E-state index is -0.609. The van der Waals surface area contributed by atoms with Gasteiger partial charge in [-0.25, -0.2) is 0 Å². The number of aromatic nitrogens is 2. The van der Waals surface area contributed by atoms with Crippen LogP contribution in [-0.4, -0.2) is 33.3 Å². The van der Waals surface area contributed by atoms with E-state index in [1.165, 1.54) is 0 Å². The van der Waals surface area contributed by atoms with Crippen LogP contribution in [0.15, 0.2) is 22.0 Å². The number of carbonyl (C=O) groups excluding carboxylic acids is 1. The van der Waals surface area contributed by atoms with Gasteiger partial charge in [0.1, 0.15) is 0 Å². The van der Waals surface area contributed by atoms with Crippen molar-refractivity contribution in [2.45, 2.75) is 44.4 Å². The van der Waals surface area contributed by atoms with Gasteiger partial charge in [-0.15, -0.1) is 23.7 Å². The Labute approximate surface area is 150 Å². The molecule has 0 aromatic carbocycles. The summed E-state index contributed by atoms with van der Waals surface area (Å²) in [5.41, 5.74) is 5.75. The topological polar surface area (TPSA) is 114 Å². The molecule has 9 heteroatoms. The molecule has 1 aliphatic rings. The molecule has 0 radical (unpaired) electrons. The molecular weight excluding hydrogens is 352 g/mol. The van der Waals surface area contributed by atoms with E-state index < -0.39 is 6.10 Å². The van der Waals surface area contributed by atoms with Gasteiger partial charge in [0, 0.05) is 16.8 Å². The fourth-order valence-corrected chi connectivity index (χ4v) is 3.41. The standard InChI is InChI=1S/C15H20N4O3S.ClH/c16-11-4-3-9(6-12(11)20)15(21)17-8-13-18-14(22-19-13)7-10-2-1-5-23-10;/h1-2,5,9,11-12,20H,3-4,6-8,16H2,(H,17,21);1H/t9-,11-,12-;/m0./s1. The van der Waals surface area contributed by atoms with Crippen LogP contribution in [0, 0.1) is 5.92 Å². The molecule has 2 aromatic rings. The van der Waals surface area contributed by atoms with Crippen molar-refractivity contribution in [2.24, 2.45) is 11.7 Å². The van der Waals surface area contributed by atoms with Crippen LogP contribution in [0.5, 0.6) is 0 Å². The average Bonchev–Trinajstić information content (AvgIpc) is 3.20. The lowest BCUT2D eigenvalue weighted by atomic mass is 9.84. The van der Waals surface area contributed by atoms with E-state index in [-0.39, 0.29) is 36.8 Å². The van der Waals surface area contributed by atoms with Crippen molar-refractivity contribution < 1.29 is 14.4 Å². The predicted octanol–water partition coefficient (Wildman–Crippen LogP) is 1.25. The molecule has 2 aromatic heterocycles. The highest BCUT2D eigenvalue weighted by Gasteiger charge is 2.30.